The molecule has 0 saturated carbocycles. The minimum Gasteiger partial charge on any atom is -0.443 e. The molecule has 15 heavy (non-hydrogen) atoms. The highest BCUT2D eigenvalue weighted by Gasteiger charge is 2.22. The van der Waals surface area contributed by atoms with Gasteiger partial charge in [0.25, 0.3) is 0 Å². The summed E-state index contributed by atoms with van der Waals surface area (Å²) >= 11 is 1.60. The van der Waals surface area contributed by atoms with Crippen LogP contribution in [-0.2, 0) is 4.74 Å². The second kappa shape index (κ2) is 4.44. The zero-order valence-electron chi connectivity index (χ0n) is 8.10. The van der Waals surface area contributed by atoms with Gasteiger partial charge in [-0.05, 0) is 12.1 Å². The van der Waals surface area contributed by atoms with Crippen molar-refractivity contribution in [2.45, 2.75) is 11.0 Å². The number of para-hydroxylation sites is 1. The molecule has 1 heterocycles. The number of cyclic esters (lactones) is 1. The number of ether oxygens (including phenoxy) is 1. The molecule has 5 heteroatoms. The van der Waals surface area contributed by atoms with Crippen LogP contribution in [0.2, 0.25) is 0 Å². The number of thioether (sulfide) groups is 1. The van der Waals surface area contributed by atoms with Crippen LogP contribution in [0.15, 0.2) is 29.2 Å². The molecule has 0 aliphatic carbocycles. The van der Waals surface area contributed by atoms with Gasteiger partial charge in [-0.1, -0.05) is 12.1 Å². The van der Waals surface area contributed by atoms with Crippen LogP contribution in [-0.4, -0.2) is 24.5 Å². The fraction of sp³-hybridized carbons (Fsp3) is 0.300. The fourth-order valence-electron chi connectivity index (χ4n) is 1.32. The lowest BCUT2D eigenvalue weighted by molar-refractivity contribution is 0.150. The quantitative estimate of drug-likeness (QED) is 0.603. The molecule has 2 rings (SSSR count). The van der Waals surface area contributed by atoms with Crippen LogP contribution < -0.4 is 11.1 Å². The Balaban J connectivity index is 1.88. The zero-order chi connectivity index (χ0) is 10.7. The van der Waals surface area contributed by atoms with E-state index in [0.717, 1.165) is 16.3 Å². The molecule has 1 aromatic rings. The number of benzene rings is 1. The van der Waals surface area contributed by atoms with E-state index < -0.39 is 0 Å². The van der Waals surface area contributed by atoms with Gasteiger partial charge in [-0.3, -0.25) is 0 Å². The molecule has 0 radical (unpaired) electrons. The van der Waals surface area contributed by atoms with Gasteiger partial charge in [0, 0.05) is 16.3 Å². The SMILES string of the molecule is Nc1ccccc1SCC1CNC(=O)O1. The van der Waals surface area contributed by atoms with Gasteiger partial charge < -0.3 is 15.8 Å². The van der Waals surface area contributed by atoms with E-state index in [1.807, 2.05) is 24.3 Å². The van der Waals surface area contributed by atoms with Crippen molar-refractivity contribution < 1.29 is 9.53 Å². The third kappa shape index (κ3) is 2.56. The Labute approximate surface area is 92.2 Å². The summed E-state index contributed by atoms with van der Waals surface area (Å²) < 4.78 is 5.01. The third-order valence-corrected chi connectivity index (χ3v) is 3.31. The highest BCUT2D eigenvalue weighted by Crippen LogP contribution is 2.25. The topological polar surface area (TPSA) is 64.3 Å². The summed E-state index contributed by atoms with van der Waals surface area (Å²) in [5, 5.41) is 2.61. The number of anilines is 1. The summed E-state index contributed by atoms with van der Waals surface area (Å²) in [6.07, 6.45) is -0.385. The molecule has 1 amide bonds. The van der Waals surface area contributed by atoms with Crippen LogP contribution in [0.25, 0.3) is 0 Å². The van der Waals surface area contributed by atoms with Gasteiger partial charge in [-0.25, -0.2) is 4.79 Å². The monoisotopic (exact) mass is 224 g/mol. The van der Waals surface area contributed by atoms with Crippen molar-refractivity contribution in [2.24, 2.45) is 0 Å². The van der Waals surface area contributed by atoms with E-state index in [1.165, 1.54) is 0 Å². The first-order valence-corrected chi connectivity index (χ1v) is 5.66. The lowest BCUT2D eigenvalue weighted by Gasteiger charge is -2.08. The molecule has 1 atom stereocenters. The van der Waals surface area contributed by atoms with E-state index in [0.29, 0.717) is 6.54 Å². The second-order valence-corrected chi connectivity index (χ2v) is 4.32. The van der Waals surface area contributed by atoms with Crippen molar-refractivity contribution in [3.05, 3.63) is 24.3 Å². The summed E-state index contributed by atoms with van der Waals surface area (Å²) in [5.74, 6) is 0.729. The Morgan fingerprint density at radius 2 is 2.33 bits per heavy atom. The minimum absolute atomic E-state index is 0.0536. The zero-order valence-corrected chi connectivity index (χ0v) is 8.92. The molecule has 1 saturated heterocycles. The van der Waals surface area contributed by atoms with Crippen molar-refractivity contribution in [2.75, 3.05) is 18.0 Å². The van der Waals surface area contributed by atoms with Crippen LogP contribution >= 0.6 is 11.8 Å². The number of amides is 1. The summed E-state index contributed by atoms with van der Waals surface area (Å²) in [6.45, 7) is 0.582. The highest BCUT2D eigenvalue weighted by atomic mass is 32.2. The number of nitrogens with one attached hydrogen (secondary N) is 1. The van der Waals surface area contributed by atoms with E-state index in [9.17, 15) is 4.79 Å². The predicted octanol–water partition coefficient (Wildman–Crippen LogP) is 1.47. The maximum absolute atomic E-state index is 10.8. The van der Waals surface area contributed by atoms with Crippen molar-refractivity contribution in [3.63, 3.8) is 0 Å². The summed E-state index contributed by atoms with van der Waals surface area (Å²) in [6, 6.07) is 7.67. The molecule has 0 bridgehead atoms. The Kier molecular flexibility index (Phi) is 3.01. The molecule has 4 nitrogen and oxygen atoms in total. The number of hydrogen-bond donors (Lipinski definition) is 2. The van der Waals surface area contributed by atoms with Gasteiger partial charge in [-0.2, -0.15) is 0 Å². The summed E-state index contributed by atoms with van der Waals surface area (Å²) in [7, 11) is 0. The number of nitrogen functional groups attached to an aromatic ring is 1. The van der Waals surface area contributed by atoms with Crippen molar-refractivity contribution in [1.29, 1.82) is 0 Å². The van der Waals surface area contributed by atoms with Gasteiger partial charge >= 0.3 is 6.09 Å². The molecule has 0 spiro atoms. The molecule has 80 valence electrons. The lowest BCUT2D eigenvalue weighted by atomic mass is 10.3. The van der Waals surface area contributed by atoms with Crippen LogP contribution in [0.5, 0.6) is 0 Å². The Morgan fingerprint density at radius 1 is 1.53 bits per heavy atom. The van der Waals surface area contributed by atoms with Crippen molar-refractivity contribution in [1.82, 2.24) is 5.32 Å². The van der Waals surface area contributed by atoms with Crippen LogP contribution in [0.4, 0.5) is 10.5 Å². The lowest BCUT2D eigenvalue weighted by Crippen LogP contribution is -2.16. The van der Waals surface area contributed by atoms with Gasteiger partial charge in [0.1, 0.15) is 6.10 Å². The minimum atomic E-state index is -0.332. The number of rotatable bonds is 3. The molecular formula is C10H12N2O2S. The van der Waals surface area contributed by atoms with E-state index in [2.05, 4.69) is 5.32 Å². The first-order chi connectivity index (χ1) is 7.25. The maximum atomic E-state index is 10.8. The van der Waals surface area contributed by atoms with Gasteiger partial charge in [0.2, 0.25) is 0 Å². The van der Waals surface area contributed by atoms with E-state index in [1.54, 1.807) is 11.8 Å². The number of carbonyl (C=O) groups excluding carboxylic acids is 1. The summed E-state index contributed by atoms with van der Waals surface area (Å²) in [5.41, 5.74) is 6.55. The fourth-order valence-corrected chi connectivity index (χ4v) is 2.28. The van der Waals surface area contributed by atoms with E-state index in [4.69, 9.17) is 10.5 Å². The number of nitrogens with two attached hydrogens (primary N) is 1. The van der Waals surface area contributed by atoms with Crippen LogP contribution in [0.3, 0.4) is 0 Å². The molecule has 1 aliphatic rings. The van der Waals surface area contributed by atoms with Crippen LogP contribution in [0.1, 0.15) is 0 Å². The second-order valence-electron chi connectivity index (χ2n) is 3.26. The number of hydrogen-bond acceptors (Lipinski definition) is 4. The van der Waals surface area contributed by atoms with E-state index in [-0.39, 0.29) is 12.2 Å². The number of carbonyl (C=O) groups is 1. The smallest absolute Gasteiger partial charge is 0.407 e. The largest absolute Gasteiger partial charge is 0.443 e. The summed E-state index contributed by atoms with van der Waals surface area (Å²) in [4.78, 5) is 11.8. The molecular weight excluding hydrogens is 212 g/mol. The average Bonchev–Trinajstić information content (AvgIpc) is 2.63. The third-order valence-electron chi connectivity index (χ3n) is 2.09. The first-order valence-electron chi connectivity index (χ1n) is 4.67. The van der Waals surface area contributed by atoms with Crippen LogP contribution in [0, 0.1) is 0 Å². The molecule has 1 fully saturated rings. The van der Waals surface area contributed by atoms with E-state index >= 15 is 0 Å². The normalized spacial score (nSPS) is 19.7. The Bertz CT molecular complexity index is 370. The van der Waals surface area contributed by atoms with Gasteiger partial charge in [0.15, 0.2) is 0 Å². The Morgan fingerprint density at radius 3 is 3.00 bits per heavy atom. The Hall–Kier alpha value is -1.36. The van der Waals surface area contributed by atoms with Gasteiger partial charge in [-0.15, -0.1) is 11.8 Å². The first kappa shape index (κ1) is 10.2. The van der Waals surface area contributed by atoms with Gasteiger partial charge in [0.05, 0.1) is 6.54 Å². The molecule has 1 unspecified atom stereocenters. The van der Waals surface area contributed by atoms with Crippen molar-refractivity contribution in [3.8, 4) is 0 Å². The molecule has 0 aromatic heterocycles. The molecule has 3 N–H and O–H groups in total. The maximum Gasteiger partial charge on any atom is 0.407 e. The standard InChI is InChI=1S/C10H12N2O2S/c11-8-3-1-2-4-9(8)15-6-7-5-12-10(13)14-7/h1-4,7H,5-6,11H2,(H,12,13). The molecule has 1 aromatic carbocycles. The average molecular weight is 224 g/mol. The predicted molar refractivity (Wildman–Crippen MR) is 59.9 cm³/mol. The molecule has 1 aliphatic heterocycles. The highest BCUT2D eigenvalue weighted by molar-refractivity contribution is 7.99. The van der Waals surface area contributed by atoms with Crippen molar-refractivity contribution >= 4 is 23.5 Å². The number of alkyl carbamates (subject to hydrolysis) is 1.